The number of aromatic amines is 1. The number of nitrogens with two attached hydrogens (primary N) is 1. The van der Waals surface area contributed by atoms with E-state index in [1.54, 1.807) is 0 Å². The van der Waals surface area contributed by atoms with Gasteiger partial charge in [0.25, 0.3) is 5.56 Å². The minimum Gasteiger partial charge on any atom is -0.388 e. The second-order valence-corrected chi connectivity index (χ2v) is 5.50. The number of ether oxygens (including phenoxy) is 1. The summed E-state index contributed by atoms with van der Waals surface area (Å²) in [5, 5.41) is 12.7. The monoisotopic (exact) mass is 348 g/mol. The highest BCUT2D eigenvalue weighted by atomic mass is 16.5. The number of aliphatic hydroxyl groups is 1. The number of hydrogen-bond acceptors (Lipinski definition) is 7. The number of aromatic nitrogens is 4. The molecule has 11 nitrogen and oxygen atoms in total. The van der Waals surface area contributed by atoms with Crippen molar-refractivity contribution in [3.8, 4) is 12.3 Å². The first-order chi connectivity index (χ1) is 11.9. The number of nitrogens with one attached hydrogen (secondary N) is 2. The minimum atomic E-state index is -1.20. The molecule has 3 rings (SSSR count). The van der Waals surface area contributed by atoms with Gasteiger partial charge in [-0.2, -0.15) is 4.98 Å². The molecule has 3 atom stereocenters. The summed E-state index contributed by atoms with van der Waals surface area (Å²) in [6.45, 7) is -0.182. The van der Waals surface area contributed by atoms with Gasteiger partial charge in [-0.05, 0) is 0 Å². The predicted octanol–water partition coefficient (Wildman–Crippen LogP) is -2.50. The molecule has 1 fully saturated rings. The van der Waals surface area contributed by atoms with Crippen molar-refractivity contribution >= 4 is 23.0 Å². The molecule has 1 aliphatic heterocycles. The van der Waals surface area contributed by atoms with Crippen molar-refractivity contribution in [2.24, 2.45) is 0 Å². The Morgan fingerprint density at radius 2 is 2.32 bits per heavy atom. The maximum absolute atomic E-state index is 12.7. The van der Waals surface area contributed by atoms with Crippen molar-refractivity contribution in [1.82, 2.24) is 24.4 Å². The van der Waals surface area contributed by atoms with Crippen LogP contribution >= 0.6 is 0 Å². The van der Waals surface area contributed by atoms with Crippen LogP contribution in [-0.4, -0.2) is 49.4 Å². The lowest BCUT2D eigenvalue weighted by Gasteiger charge is -2.15. The Hall–Kier alpha value is -3.10. The number of nitrogens with zero attached hydrogens (tertiary/aromatic N) is 3. The topological polar surface area (TPSA) is 157 Å². The van der Waals surface area contributed by atoms with Gasteiger partial charge in [-0.25, -0.2) is 9.36 Å². The van der Waals surface area contributed by atoms with Crippen LogP contribution in [0.1, 0.15) is 12.6 Å². The van der Waals surface area contributed by atoms with E-state index >= 15 is 0 Å². The lowest BCUT2D eigenvalue weighted by atomic mass is 10.2. The summed E-state index contributed by atoms with van der Waals surface area (Å²) in [4.78, 5) is 42.9. The first kappa shape index (κ1) is 16.7. The Morgan fingerprint density at radius 3 is 2.96 bits per heavy atom. The number of carbonyl (C=O) groups is 1. The zero-order valence-corrected chi connectivity index (χ0v) is 13.2. The number of terminal acetylenes is 1. The van der Waals surface area contributed by atoms with E-state index in [4.69, 9.17) is 16.9 Å². The number of hydrogen-bond donors (Lipinski definition) is 4. The number of imidazole rings is 1. The number of rotatable bonds is 3. The quantitative estimate of drug-likeness (QED) is 0.446. The van der Waals surface area contributed by atoms with Gasteiger partial charge in [0.2, 0.25) is 11.9 Å². The number of likely N-dealkylation sites (N-methyl/N-ethyl adjacent to an activating group) is 1. The molecule has 0 aliphatic carbocycles. The Kier molecular flexibility index (Phi) is 4.07. The van der Waals surface area contributed by atoms with Crippen LogP contribution in [0.25, 0.3) is 11.2 Å². The van der Waals surface area contributed by atoms with E-state index in [1.807, 2.05) is 0 Å². The highest BCUT2D eigenvalue weighted by Crippen LogP contribution is 2.29. The molecule has 0 bridgehead atoms. The van der Waals surface area contributed by atoms with Crippen molar-refractivity contribution in [3.05, 3.63) is 20.8 Å². The van der Waals surface area contributed by atoms with E-state index in [1.165, 1.54) is 7.05 Å². The number of carbonyl (C=O) groups excluding carboxylic acids is 1. The third-order valence-corrected chi connectivity index (χ3v) is 3.96. The van der Waals surface area contributed by atoms with Crippen molar-refractivity contribution in [3.63, 3.8) is 0 Å². The number of H-pyrrole nitrogens is 1. The number of nitrogen functional groups attached to an aromatic ring is 1. The summed E-state index contributed by atoms with van der Waals surface area (Å²) in [5.74, 6) is 1.63. The molecule has 1 saturated heterocycles. The Bertz CT molecular complexity index is 996. The molecule has 1 amide bonds. The van der Waals surface area contributed by atoms with Gasteiger partial charge < -0.3 is 20.9 Å². The SMILES string of the molecule is C#CCn1c(=O)n([C@@H]2O[C@H](C(=O)NC)C[C@H]2O)c2nc(N)[nH]c(=O)c21. The van der Waals surface area contributed by atoms with Crippen LogP contribution in [0.3, 0.4) is 0 Å². The van der Waals surface area contributed by atoms with Crippen molar-refractivity contribution < 1.29 is 14.6 Å². The van der Waals surface area contributed by atoms with Crippen LogP contribution in [0.15, 0.2) is 9.59 Å². The van der Waals surface area contributed by atoms with Gasteiger partial charge in [-0.15, -0.1) is 6.42 Å². The summed E-state index contributed by atoms with van der Waals surface area (Å²) in [7, 11) is 1.43. The number of aliphatic hydroxyl groups excluding tert-OH is 1. The molecule has 132 valence electrons. The van der Waals surface area contributed by atoms with E-state index in [2.05, 4.69) is 21.2 Å². The molecule has 0 unspecified atom stereocenters. The van der Waals surface area contributed by atoms with Crippen LogP contribution in [-0.2, 0) is 16.1 Å². The smallest absolute Gasteiger partial charge is 0.333 e. The van der Waals surface area contributed by atoms with Crippen molar-refractivity contribution in [2.75, 3.05) is 12.8 Å². The maximum atomic E-state index is 12.7. The summed E-state index contributed by atoms with van der Waals surface area (Å²) in [6.07, 6.45) is 1.94. The normalized spacial score (nSPS) is 22.8. The lowest BCUT2D eigenvalue weighted by Crippen LogP contribution is -2.33. The van der Waals surface area contributed by atoms with Crippen LogP contribution in [0.2, 0.25) is 0 Å². The Balaban J connectivity index is 2.22. The van der Waals surface area contributed by atoms with Crippen LogP contribution in [0.4, 0.5) is 5.95 Å². The second kappa shape index (κ2) is 6.08. The molecular formula is C14H16N6O5. The molecule has 25 heavy (non-hydrogen) atoms. The second-order valence-electron chi connectivity index (χ2n) is 5.50. The van der Waals surface area contributed by atoms with Crippen molar-refractivity contribution in [2.45, 2.75) is 31.4 Å². The number of amides is 1. The van der Waals surface area contributed by atoms with Gasteiger partial charge in [0, 0.05) is 13.5 Å². The molecule has 2 aromatic heterocycles. The van der Waals surface area contributed by atoms with Gasteiger partial charge in [-0.3, -0.25) is 19.1 Å². The number of fused-ring (bicyclic) bond motifs is 1. The zero-order valence-electron chi connectivity index (χ0n) is 13.2. The minimum absolute atomic E-state index is 0.0166. The zero-order chi connectivity index (χ0) is 18.3. The summed E-state index contributed by atoms with van der Waals surface area (Å²) in [6, 6.07) is 0. The average Bonchev–Trinajstić information content (AvgIpc) is 3.05. The first-order valence-electron chi connectivity index (χ1n) is 7.38. The van der Waals surface area contributed by atoms with Gasteiger partial charge >= 0.3 is 5.69 Å². The Morgan fingerprint density at radius 1 is 1.60 bits per heavy atom. The maximum Gasteiger partial charge on any atom is 0.333 e. The van der Waals surface area contributed by atoms with E-state index in [-0.39, 0.29) is 30.1 Å². The molecule has 0 aromatic carbocycles. The fraction of sp³-hybridized carbons (Fsp3) is 0.429. The lowest BCUT2D eigenvalue weighted by molar-refractivity contribution is -0.134. The summed E-state index contributed by atoms with van der Waals surface area (Å²) < 4.78 is 7.54. The first-order valence-corrected chi connectivity index (χ1v) is 7.38. The highest BCUT2D eigenvalue weighted by Gasteiger charge is 2.41. The molecule has 3 heterocycles. The van der Waals surface area contributed by atoms with E-state index in [0.717, 1.165) is 9.13 Å². The fourth-order valence-corrected chi connectivity index (χ4v) is 2.88. The molecule has 2 aromatic rings. The summed E-state index contributed by atoms with van der Waals surface area (Å²) in [5.41, 5.74) is 4.05. The molecule has 1 aliphatic rings. The fourth-order valence-electron chi connectivity index (χ4n) is 2.88. The average molecular weight is 348 g/mol. The molecule has 0 spiro atoms. The van der Waals surface area contributed by atoms with Crippen molar-refractivity contribution in [1.29, 1.82) is 0 Å². The van der Waals surface area contributed by atoms with Crippen LogP contribution < -0.4 is 22.3 Å². The predicted molar refractivity (Wildman–Crippen MR) is 86.5 cm³/mol. The molecular weight excluding hydrogens is 332 g/mol. The third-order valence-electron chi connectivity index (χ3n) is 3.96. The highest BCUT2D eigenvalue weighted by molar-refractivity contribution is 5.80. The van der Waals surface area contributed by atoms with E-state index in [9.17, 15) is 19.5 Å². The molecule has 0 saturated carbocycles. The molecule has 5 N–H and O–H groups in total. The van der Waals surface area contributed by atoms with Gasteiger partial charge in [0.15, 0.2) is 17.4 Å². The van der Waals surface area contributed by atoms with Gasteiger partial charge in [-0.1, -0.05) is 5.92 Å². The summed E-state index contributed by atoms with van der Waals surface area (Å²) >= 11 is 0. The van der Waals surface area contributed by atoms with E-state index in [0.29, 0.717) is 0 Å². The van der Waals surface area contributed by atoms with Crippen LogP contribution in [0, 0.1) is 12.3 Å². The molecule has 11 heteroatoms. The Labute approximate surface area is 140 Å². The van der Waals surface area contributed by atoms with Crippen LogP contribution in [0.5, 0.6) is 0 Å². The third kappa shape index (κ3) is 2.57. The van der Waals surface area contributed by atoms with Gasteiger partial charge in [0.1, 0.15) is 12.2 Å². The largest absolute Gasteiger partial charge is 0.388 e. The van der Waals surface area contributed by atoms with Gasteiger partial charge in [0.05, 0.1) is 6.54 Å². The number of anilines is 1. The molecule has 0 radical (unpaired) electrons. The standard InChI is InChI=1S/C14H16N6O5/c1-3-4-19-8-9(17-13(15)18-11(8)23)20(14(19)24)12-6(21)5-7(25-12)10(22)16-2/h1,6-7,12,21H,4-5H2,2H3,(H,16,22)(H3,15,17,18,23)/t6-,7+,12-/m1/s1. The van der Waals surface area contributed by atoms with E-state index < -0.39 is 35.6 Å².